The molecule has 4 atom stereocenters. The molecule has 0 spiro atoms. The van der Waals surface area contributed by atoms with Crippen LogP contribution in [-0.2, 0) is 0 Å². The van der Waals surface area contributed by atoms with Gasteiger partial charge in [0.05, 0.1) is 0 Å². The van der Waals surface area contributed by atoms with Gasteiger partial charge in [0.1, 0.15) is 0 Å². The van der Waals surface area contributed by atoms with Gasteiger partial charge in [-0.25, -0.2) is 0 Å². The van der Waals surface area contributed by atoms with Crippen LogP contribution >= 0.6 is 0 Å². The topological polar surface area (TPSA) is 12.0 Å². The summed E-state index contributed by atoms with van der Waals surface area (Å²) in [6.45, 7) is 10.7. The SMILES string of the molecule is CCC(C)C(C)C1CCC(C)NC1. The Bertz CT molecular complexity index is 136. The molecule has 1 aliphatic heterocycles. The zero-order valence-corrected chi connectivity index (χ0v) is 9.64. The maximum absolute atomic E-state index is 3.59. The summed E-state index contributed by atoms with van der Waals surface area (Å²) in [5, 5.41) is 3.59. The highest BCUT2D eigenvalue weighted by Gasteiger charge is 2.25. The Morgan fingerprint density at radius 2 is 2.00 bits per heavy atom. The van der Waals surface area contributed by atoms with E-state index in [2.05, 4.69) is 33.0 Å². The van der Waals surface area contributed by atoms with Crippen LogP contribution < -0.4 is 5.32 Å². The van der Waals surface area contributed by atoms with E-state index in [1.165, 1.54) is 25.8 Å². The highest BCUT2D eigenvalue weighted by Crippen LogP contribution is 2.28. The molecule has 0 aromatic rings. The molecule has 1 rings (SSSR count). The quantitative estimate of drug-likeness (QED) is 0.709. The van der Waals surface area contributed by atoms with Gasteiger partial charge in [-0.05, 0) is 44.1 Å². The van der Waals surface area contributed by atoms with Gasteiger partial charge in [0.15, 0.2) is 0 Å². The monoisotopic (exact) mass is 183 g/mol. The Hall–Kier alpha value is -0.0400. The summed E-state index contributed by atoms with van der Waals surface area (Å²) in [6.07, 6.45) is 4.12. The molecule has 1 heterocycles. The number of nitrogens with one attached hydrogen (secondary N) is 1. The van der Waals surface area contributed by atoms with Crippen molar-refractivity contribution in [1.29, 1.82) is 0 Å². The van der Waals surface area contributed by atoms with Gasteiger partial charge < -0.3 is 5.32 Å². The van der Waals surface area contributed by atoms with E-state index in [0.29, 0.717) is 0 Å². The molecule has 1 nitrogen and oxygen atoms in total. The minimum absolute atomic E-state index is 0.750. The smallest absolute Gasteiger partial charge is 0.00389 e. The molecule has 0 amide bonds. The molecular weight excluding hydrogens is 158 g/mol. The fourth-order valence-corrected chi connectivity index (χ4v) is 2.31. The molecule has 4 unspecified atom stereocenters. The summed E-state index contributed by atoms with van der Waals surface area (Å²) in [6, 6.07) is 0.750. The first-order chi connectivity index (χ1) is 6.15. The molecule has 0 aromatic carbocycles. The number of hydrogen-bond acceptors (Lipinski definition) is 1. The Morgan fingerprint density at radius 3 is 2.46 bits per heavy atom. The Labute approximate surface area is 83.3 Å². The highest BCUT2D eigenvalue weighted by molar-refractivity contribution is 4.79. The summed E-state index contributed by atoms with van der Waals surface area (Å²) in [5.74, 6) is 2.70. The van der Waals surface area contributed by atoms with Gasteiger partial charge >= 0.3 is 0 Å². The normalized spacial score (nSPS) is 34.2. The van der Waals surface area contributed by atoms with Crippen molar-refractivity contribution in [2.45, 2.75) is 53.0 Å². The molecule has 0 bridgehead atoms. The van der Waals surface area contributed by atoms with E-state index in [0.717, 1.165) is 23.8 Å². The summed E-state index contributed by atoms with van der Waals surface area (Å²) in [4.78, 5) is 0. The Balaban J connectivity index is 2.35. The second-order valence-electron chi connectivity index (χ2n) is 4.89. The third-order valence-corrected chi connectivity index (χ3v) is 3.98. The maximum Gasteiger partial charge on any atom is 0.00389 e. The van der Waals surface area contributed by atoms with E-state index in [4.69, 9.17) is 0 Å². The van der Waals surface area contributed by atoms with E-state index in [9.17, 15) is 0 Å². The first-order valence-electron chi connectivity index (χ1n) is 5.88. The van der Waals surface area contributed by atoms with Crippen LogP contribution in [-0.4, -0.2) is 12.6 Å². The van der Waals surface area contributed by atoms with E-state index in [1.54, 1.807) is 0 Å². The van der Waals surface area contributed by atoms with Crippen molar-refractivity contribution >= 4 is 0 Å². The van der Waals surface area contributed by atoms with Gasteiger partial charge in [-0.3, -0.25) is 0 Å². The molecule has 13 heavy (non-hydrogen) atoms. The number of piperidine rings is 1. The van der Waals surface area contributed by atoms with Gasteiger partial charge in [-0.15, -0.1) is 0 Å². The van der Waals surface area contributed by atoms with Crippen molar-refractivity contribution in [1.82, 2.24) is 5.32 Å². The average Bonchev–Trinajstić information content (AvgIpc) is 2.17. The lowest BCUT2D eigenvalue weighted by Gasteiger charge is -2.34. The fraction of sp³-hybridized carbons (Fsp3) is 1.00. The molecule has 0 radical (unpaired) electrons. The first kappa shape index (κ1) is 11.0. The van der Waals surface area contributed by atoms with Crippen molar-refractivity contribution in [3.05, 3.63) is 0 Å². The van der Waals surface area contributed by atoms with Gasteiger partial charge in [0, 0.05) is 6.04 Å². The molecule has 1 saturated heterocycles. The van der Waals surface area contributed by atoms with Crippen LogP contribution in [0.5, 0.6) is 0 Å². The lowest BCUT2D eigenvalue weighted by molar-refractivity contribution is 0.195. The van der Waals surface area contributed by atoms with Crippen LogP contribution in [0.4, 0.5) is 0 Å². The third kappa shape index (κ3) is 2.98. The summed E-state index contributed by atoms with van der Waals surface area (Å²) in [7, 11) is 0. The molecular formula is C12H25N. The van der Waals surface area contributed by atoms with Crippen molar-refractivity contribution in [2.75, 3.05) is 6.54 Å². The minimum Gasteiger partial charge on any atom is -0.314 e. The van der Waals surface area contributed by atoms with Gasteiger partial charge in [0.2, 0.25) is 0 Å². The molecule has 0 aliphatic carbocycles. The number of hydrogen-bond donors (Lipinski definition) is 1. The summed E-state index contributed by atoms with van der Waals surface area (Å²) >= 11 is 0. The van der Waals surface area contributed by atoms with Crippen LogP contribution in [0.15, 0.2) is 0 Å². The van der Waals surface area contributed by atoms with Crippen LogP contribution in [0, 0.1) is 17.8 Å². The van der Waals surface area contributed by atoms with Crippen LogP contribution in [0.1, 0.15) is 47.0 Å². The lowest BCUT2D eigenvalue weighted by atomic mass is 9.78. The first-order valence-corrected chi connectivity index (χ1v) is 5.88. The molecule has 1 aliphatic rings. The maximum atomic E-state index is 3.59. The summed E-state index contributed by atoms with van der Waals surface area (Å²) < 4.78 is 0. The van der Waals surface area contributed by atoms with Crippen LogP contribution in [0.3, 0.4) is 0 Å². The molecule has 1 heteroatoms. The molecule has 1 fully saturated rings. The molecule has 0 aromatic heterocycles. The van der Waals surface area contributed by atoms with Gasteiger partial charge in [-0.2, -0.15) is 0 Å². The van der Waals surface area contributed by atoms with E-state index in [-0.39, 0.29) is 0 Å². The molecule has 1 N–H and O–H groups in total. The van der Waals surface area contributed by atoms with E-state index >= 15 is 0 Å². The van der Waals surface area contributed by atoms with Crippen LogP contribution in [0.25, 0.3) is 0 Å². The predicted octanol–water partition coefficient (Wildman–Crippen LogP) is 3.06. The summed E-state index contributed by atoms with van der Waals surface area (Å²) in [5.41, 5.74) is 0. The average molecular weight is 183 g/mol. The molecule has 78 valence electrons. The number of rotatable bonds is 3. The van der Waals surface area contributed by atoms with Crippen molar-refractivity contribution < 1.29 is 0 Å². The predicted molar refractivity (Wildman–Crippen MR) is 58.8 cm³/mol. The zero-order chi connectivity index (χ0) is 9.84. The Morgan fingerprint density at radius 1 is 1.31 bits per heavy atom. The molecule has 0 saturated carbocycles. The third-order valence-electron chi connectivity index (χ3n) is 3.98. The standard InChI is InChI=1S/C12H25N/c1-5-9(2)11(4)12-7-6-10(3)13-8-12/h9-13H,5-8H2,1-4H3. The second kappa shape index (κ2) is 4.99. The second-order valence-corrected chi connectivity index (χ2v) is 4.89. The van der Waals surface area contributed by atoms with Crippen LogP contribution in [0.2, 0.25) is 0 Å². The van der Waals surface area contributed by atoms with Gasteiger partial charge in [-0.1, -0.05) is 27.2 Å². The Kier molecular flexibility index (Phi) is 4.24. The minimum atomic E-state index is 0.750. The lowest BCUT2D eigenvalue weighted by Crippen LogP contribution is -2.40. The van der Waals surface area contributed by atoms with Crippen molar-refractivity contribution in [2.24, 2.45) is 17.8 Å². The van der Waals surface area contributed by atoms with E-state index < -0.39 is 0 Å². The largest absolute Gasteiger partial charge is 0.314 e. The fourth-order valence-electron chi connectivity index (χ4n) is 2.31. The van der Waals surface area contributed by atoms with Gasteiger partial charge in [0.25, 0.3) is 0 Å². The highest BCUT2D eigenvalue weighted by atomic mass is 14.9. The zero-order valence-electron chi connectivity index (χ0n) is 9.64. The van der Waals surface area contributed by atoms with Crippen molar-refractivity contribution in [3.8, 4) is 0 Å². The van der Waals surface area contributed by atoms with Crippen molar-refractivity contribution in [3.63, 3.8) is 0 Å². The van der Waals surface area contributed by atoms with E-state index in [1.807, 2.05) is 0 Å².